The fourth-order valence-corrected chi connectivity index (χ4v) is 9.10. The molecular formula is C37H33Cl2F3N4O7. The molecule has 4 aliphatic rings. The zero-order chi connectivity index (χ0) is 38.1. The van der Waals surface area contributed by atoms with Crippen molar-refractivity contribution in [1.29, 1.82) is 0 Å². The van der Waals surface area contributed by atoms with E-state index in [9.17, 15) is 32.7 Å². The summed E-state index contributed by atoms with van der Waals surface area (Å²) in [5.41, 5.74) is 0.576. The van der Waals surface area contributed by atoms with Gasteiger partial charge in [0.05, 0.1) is 48.0 Å². The Kier molecular flexibility index (Phi) is 9.13. The first-order chi connectivity index (χ1) is 25.2. The Morgan fingerprint density at radius 2 is 1.72 bits per heavy atom. The van der Waals surface area contributed by atoms with Gasteiger partial charge in [-0.2, -0.15) is 18.2 Å². The molecule has 0 spiro atoms. The number of halogens is 5. The summed E-state index contributed by atoms with van der Waals surface area (Å²) in [6.45, 7) is 2.07. The van der Waals surface area contributed by atoms with E-state index in [0.29, 0.717) is 39.9 Å². The van der Waals surface area contributed by atoms with Crippen molar-refractivity contribution in [3.63, 3.8) is 0 Å². The van der Waals surface area contributed by atoms with Crippen molar-refractivity contribution in [3.05, 3.63) is 87.0 Å². The number of likely N-dealkylation sites (tertiary alicyclic amines) is 1. The smallest absolute Gasteiger partial charge is 0.417 e. The number of pyridine rings is 1. The van der Waals surface area contributed by atoms with E-state index >= 15 is 4.79 Å². The van der Waals surface area contributed by atoms with Crippen LogP contribution in [0.2, 0.25) is 10.0 Å². The van der Waals surface area contributed by atoms with Crippen LogP contribution in [-0.2, 0) is 30.8 Å². The number of allylic oxidation sites excluding steroid dienone is 2. The van der Waals surface area contributed by atoms with Crippen molar-refractivity contribution in [3.8, 4) is 17.2 Å². The Bertz CT molecular complexity index is 2080. The molecule has 1 saturated carbocycles. The van der Waals surface area contributed by atoms with E-state index in [1.807, 2.05) is 13.0 Å². The summed E-state index contributed by atoms with van der Waals surface area (Å²) in [6, 6.07) is 9.76. The molecule has 3 aromatic rings. The number of rotatable bonds is 8. The molecule has 0 radical (unpaired) electrons. The number of carbonyl (C=O) groups excluding carboxylic acids is 4. The van der Waals surface area contributed by atoms with Crippen molar-refractivity contribution in [1.82, 2.24) is 14.9 Å². The minimum absolute atomic E-state index is 0.0682. The van der Waals surface area contributed by atoms with Crippen LogP contribution in [0, 0.1) is 23.7 Å². The summed E-state index contributed by atoms with van der Waals surface area (Å²) in [4.78, 5) is 62.8. The topological polar surface area (TPSA) is 138 Å². The molecule has 2 N–H and O–H groups in total. The fourth-order valence-electron chi connectivity index (χ4n) is 8.77. The second-order valence-electron chi connectivity index (χ2n) is 13.5. The Hall–Kier alpha value is -4.82. The number of carbonyl (C=O) groups is 4. The summed E-state index contributed by atoms with van der Waals surface area (Å²) in [5, 5.41) is 12.3. The van der Waals surface area contributed by atoms with Gasteiger partial charge in [-0.25, -0.2) is 4.98 Å². The van der Waals surface area contributed by atoms with Gasteiger partial charge in [-0.15, -0.1) is 0 Å². The fraction of sp³-hybridized carbons (Fsp3) is 0.378. The number of aromatic nitrogens is 1. The molecule has 3 fully saturated rings. The predicted molar refractivity (Wildman–Crippen MR) is 185 cm³/mol. The van der Waals surface area contributed by atoms with Gasteiger partial charge >= 0.3 is 6.18 Å². The molecule has 3 heterocycles. The molecule has 6 atom stereocenters. The van der Waals surface area contributed by atoms with Crippen LogP contribution >= 0.6 is 23.2 Å². The lowest BCUT2D eigenvalue weighted by Gasteiger charge is -2.50. The molecule has 0 bridgehead atoms. The highest BCUT2D eigenvalue weighted by Gasteiger charge is 2.71. The number of alkyl halides is 3. The monoisotopic (exact) mass is 772 g/mol. The molecule has 4 amide bonds. The SMILES string of the molecule is CCCN1C(=O)C2CC=C3C(CC4C(=O)N(Nc5ncc(C(F)(F)F)cc5Cl)C(=O)C4(c4ccc(Cl)cc4)C3c3c(O)cc(OC)cc3OC)C2C1=O. The molecule has 6 unspecified atom stereocenters. The number of hydrogen-bond acceptors (Lipinski definition) is 9. The van der Waals surface area contributed by atoms with Crippen LogP contribution in [0.3, 0.4) is 0 Å². The molecular weight excluding hydrogens is 740 g/mol. The van der Waals surface area contributed by atoms with Crippen LogP contribution in [0.15, 0.2) is 60.3 Å². The lowest BCUT2D eigenvalue weighted by Crippen LogP contribution is -2.53. The summed E-state index contributed by atoms with van der Waals surface area (Å²) >= 11 is 12.6. The van der Waals surface area contributed by atoms with Gasteiger partial charge in [-0.05, 0) is 48.9 Å². The Balaban J connectivity index is 1.48. The van der Waals surface area contributed by atoms with Crippen molar-refractivity contribution in [2.75, 3.05) is 26.2 Å². The summed E-state index contributed by atoms with van der Waals surface area (Å²) in [7, 11) is 2.76. The zero-order valence-electron chi connectivity index (χ0n) is 28.5. The van der Waals surface area contributed by atoms with Gasteiger partial charge in [0.15, 0.2) is 5.82 Å². The first-order valence-electron chi connectivity index (χ1n) is 16.8. The van der Waals surface area contributed by atoms with Gasteiger partial charge in [0, 0.05) is 41.4 Å². The first kappa shape index (κ1) is 36.5. The number of nitrogens with zero attached hydrogens (tertiary/aromatic N) is 3. The molecule has 1 aromatic heterocycles. The highest BCUT2D eigenvalue weighted by molar-refractivity contribution is 6.33. The molecule has 2 saturated heterocycles. The lowest BCUT2D eigenvalue weighted by molar-refractivity contribution is -0.141. The number of imide groups is 2. The van der Waals surface area contributed by atoms with E-state index in [1.165, 1.54) is 31.3 Å². The van der Waals surface area contributed by atoms with Gasteiger partial charge in [0.25, 0.3) is 11.8 Å². The average molecular weight is 774 g/mol. The van der Waals surface area contributed by atoms with Crippen LogP contribution in [0.5, 0.6) is 17.2 Å². The number of aromatic hydroxyl groups is 1. The van der Waals surface area contributed by atoms with Crippen molar-refractivity contribution < 1.29 is 46.9 Å². The highest BCUT2D eigenvalue weighted by atomic mass is 35.5. The molecule has 278 valence electrons. The average Bonchev–Trinajstić information content (AvgIpc) is 3.49. The largest absolute Gasteiger partial charge is 0.507 e. The van der Waals surface area contributed by atoms with E-state index in [1.54, 1.807) is 24.3 Å². The maximum Gasteiger partial charge on any atom is 0.417 e. The van der Waals surface area contributed by atoms with Gasteiger partial charge in [0.1, 0.15) is 17.2 Å². The maximum absolute atomic E-state index is 15.3. The second kappa shape index (κ2) is 13.2. The summed E-state index contributed by atoms with van der Waals surface area (Å²) in [6.07, 6.45) is -1.79. The van der Waals surface area contributed by atoms with Crippen LogP contribution in [-0.4, -0.2) is 64.4 Å². The third kappa shape index (κ3) is 5.51. The van der Waals surface area contributed by atoms with Crippen molar-refractivity contribution in [2.45, 2.75) is 43.7 Å². The van der Waals surface area contributed by atoms with Gasteiger partial charge in [-0.3, -0.25) is 29.5 Å². The van der Waals surface area contributed by atoms with E-state index in [-0.39, 0.29) is 54.0 Å². The number of hydrogen-bond donors (Lipinski definition) is 2. The Labute approximate surface area is 311 Å². The number of ether oxygens (including phenoxy) is 2. The van der Waals surface area contributed by atoms with Gasteiger partial charge < -0.3 is 14.6 Å². The van der Waals surface area contributed by atoms with Crippen LogP contribution in [0.1, 0.15) is 48.8 Å². The number of phenolic OH excluding ortho intramolecular Hbond substituents is 1. The molecule has 2 aliphatic heterocycles. The molecule has 53 heavy (non-hydrogen) atoms. The Morgan fingerprint density at radius 3 is 2.34 bits per heavy atom. The van der Waals surface area contributed by atoms with E-state index in [4.69, 9.17) is 32.7 Å². The van der Waals surface area contributed by atoms with E-state index < -0.39 is 69.4 Å². The van der Waals surface area contributed by atoms with Gasteiger partial charge in [0.2, 0.25) is 11.8 Å². The number of methoxy groups -OCH3 is 2. The number of nitrogens with one attached hydrogen (secondary N) is 1. The third-order valence-corrected chi connectivity index (χ3v) is 11.5. The number of benzene rings is 2. The van der Waals surface area contributed by atoms with Crippen LogP contribution in [0.25, 0.3) is 0 Å². The first-order valence-corrected chi connectivity index (χ1v) is 17.6. The Morgan fingerprint density at radius 1 is 1.00 bits per heavy atom. The second-order valence-corrected chi connectivity index (χ2v) is 14.4. The number of hydrazine groups is 1. The molecule has 2 aromatic carbocycles. The number of anilines is 1. The molecule has 16 heteroatoms. The molecule has 7 rings (SSSR count). The lowest BCUT2D eigenvalue weighted by atomic mass is 9.49. The van der Waals surface area contributed by atoms with E-state index in [2.05, 4.69) is 10.4 Å². The number of fused-ring (bicyclic) bond motifs is 4. The van der Waals surface area contributed by atoms with Crippen molar-refractivity contribution >= 4 is 52.6 Å². The standard InChI is InChI=1S/C37H33Cl2F3N4O7/c1-4-11-45-32(48)22-10-9-21-23(28(22)34(45)50)15-24-33(49)46(44-31-25(39)12-18(16-43-31)37(40,41)42)35(51)36(24,17-5-7-19(38)8-6-17)30(21)29-26(47)13-20(52-2)14-27(29)53-3/h5-9,12-14,16,22-24,28,30,47H,4,10-11,15H2,1-3H3,(H,43,44). The summed E-state index contributed by atoms with van der Waals surface area (Å²) in [5.74, 6) is -7.43. The summed E-state index contributed by atoms with van der Waals surface area (Å²) < 4.78 is 51.6. The van der Waals surface area contributed by atoms with Crippen LogP contribution in [0.4, 0.5) is 19.0 Å². The number of phenols is 1. The van der Waals surface area contributed by atoms with E-state index in [0.717, 1.165) is 0 Å². The van der Waals surface area contributed by atoms with Crippen molar-refractivity contribution in [2.24, 2.45) is 23.7 Å². The predicted octanol–water partition coefficient (Wildman–Crippen LogP) is 6.52. The van der Waals surface area contributed by atoms with Gasteiger partial charge in [-0.1, -0.05) is 53.9 Å². The third-order valence-electron chi connectivity index (χ3n) is 10.9. The normalized spacial score (nSPS) is 26.6. The maximum atomic E-state index is 15.3. The quantitative estimate of drug-likeness (QED) is 0.194. The minimum Gasteiger partial charge on any atom is -0.507 e. The molecule has 11 nitrogen and oxygen atoms in total. The zero-order valence-corrected chi connectivity index (χ0v) is 30.1. The minimum atomic E-state index is -4.76. The molecule has 2 aliphatic carbocycles. The van der Waals surface area contributed by atoms with Crippen LogP contribution < -0.4 is 14.9 Å². The highest BCUT2D eigenvalue weighted by Crippen LogP contribution is 2.66. The number of amides is 4.